The molecule has 1 aliphatic heterocycles. The van der Waals surface area contributed by atoms with Crippen molar-refractivity contribution in [1.29, 1.82) is 0 Å². The molecule has 2 aromatic rings. The number of rotatable bonds is 6. The second-order valence-electron chi connectivity index (χ2n) is 7.23. The topological polar surface area (TPSA) is 86.7 Å². The lowest BCUT2D eigenvalue weighted by atomic mass is 9.97. The Bertz CT molecular complexity index is 853. The lowest BCUT2D eigenvalue weighted by Crippen LogP contribution is -2.51. The zero-order valence-corrected chi connectivity index (χ0v) is 15.8. The summed E-state index contributed by atoms with van der Waals surface area (Å²) in [4.78, 5) is 38.7. The number of carbonyl (C=O) groups excluding carboxylic acids is 2. The maximum atomic E-state index is 13.0. The van der Waals surface area contributed by atoms with Gasteiger partial charge >= 0.3 is 5.97 Å². The Morgan fingerprint density at radius 2 is 1.68 bits per heavy atom. The Kier molecular flexibility index (Phi) is 5.78. The summed E-state index contributed by atoms with van der Waals surface area (Å²) in [5, 5.41) is 12.5. The Morgan fingerprint density at radius 3 is 2.29 bits per heavy atom. The largest absolute Gasteiger partial charge is 0.480 e. The molecule has 2 unspecified atom stereocenters. The molecule has 0 spiro atoms. The number of nitrogens with zero attached hydrogens (tertiary/aromatic N) is 1. The molecule has 0 saturated carbocycles. The van der Waals surface area contributed by atoms with Crippen LogP contribution in [-0.2, 0) is 9.59 Å². The van der Waals surface area contributed by atoms with Crippen molar-refractivity contribution in [1.82, 2.24) is 10.2 Å². The Labute approximate surface area is 164 Å². The Morgan fingerprint density at radius 1 is 1.07 bits per heavy atom. The second-order valence-corrected chi connectivity index (χ2v) is 7.23. The van der Waals surface area contributed by atoms with Crippen LogP contribution in [0.5, 0.6) is 0 Å². The monoisotopic (exact) mass is 380 g/mol. The average Bonchev–Trinajstić information content (AvgIpc) is 3.12. The van der Waals surface area contributed by atoms with Gasteiger partial charge in [0.25, 0.3) is 5.91 Å². The fraction of sp³-hybridized carbons (Fsp3) is 0.318. The third kappa shape index (κ3) is 4.06. The maximum Gasteiger partial charge on any atom is 0.329 e. The summed E-state index contributed by atoms with van der Waals surface area (Å²) in [6.45, 7) is 2.00. The molecule has 0 bridgehead atoms. The van der Waals surface area contributed by atoms with E-state index in [4.69, 9.17) is 0 Å². The van der Waals surface area contributed by atoms with Gasteiger partial charge in [-0.1, -0.05) is 48.5 Å². The molecule has 6 nitrogen and oxygen atoms in total. The SMILES string of the molecule is CC1(C(=O)O)CCCN1C(=O)CC(NC(=O)c1ccccc1)c1ccccc1. The highest BCUT2D eigenvalue weighted by molar-refractivity contribution is 5.95. The average molecular weight is 380 g/mol. The van der Waals surface area contributed by atoms with Crippen LogP contribution in [0.4, 0.5) is 0 Å². The zero-order valence-electron chi connectivity index (χ0n) is 15.8. The molecule has 2 atom stereocenters. The van der Waals surface area contributed by atoms with Gasteiger partial charge in [0.15, 0.2) is 0 Å². The van der Waals surface area contributed by atoms with Gasteiger partial charge in [-0.05, 0) is 37.5 Å². The molecule has 28 heavy (non-hydrogen) atoms. The van der Waals surface area contributed by atoms with E-state index in [0.29, 0.717) is 24.9 Å². The second kappa shape index (κ2) is 8.25. The molecular formula is C22H24N2O4. The van der Waals surface area contributed by atoms with E-state index in [1.54, 1.807) is 31.2 Å². The molecule has 0 aliphatic carbocycles. The minimum absolute atomic E-state index is 0.00541. The van der Waals surface area contributed by atoms with Crippen LogP contribution in [0.1, 0.15) is 48.1 Å². The van der Waals surface area contributed by atoms with Crippen molar-refractivity contribution in [2.75, 3.05) is 6.54 Å². The summed E-state index contributed by atoms with van der Waals surface area (Å²) in [5.74, 6) is -1.54. The fourth-order valence-electron chi connectivity index (χ4n) is 3.64. The van der Waals surface area contributed by atoms with Crippen LogP contribution < -0.4 is 5.32 Å². The number of hydrogen-bond donors (Lipinski definition) is 2. The van der Waals surface area contributed by atoms with Gasteiger partial charge in [0, 0.05) is 12.1 Å². The molecule has 3 rings (SSSR count). The van der Waals surface area contributed by atoms with Gasteiger partial charge in [0.1, 0.15) is 5.54 Å². The molecule has 2 N–H and O–H groups in total. The van der Waals surface area contributed by atoms with Crippen LogP contribution in [0.3, 0.4) is 0 Å². The van der Waals surface area contributed by atoms with Crippen molar-refractivity contribution >= 4 is 17.8 Å². The van der Waals surface area contributed by atoms with E-state index in [1.165, 1.54) is 4.90 Å². The van der Waals surface area contributed by atoms with Crippen molar-refractivity contribution in [3.05, 3.63) is 71.8 Å². The van der Waals surface area contributed by atoms with Crippen LogP contribution in [-0.4, -0.2) is 39.9 Å². The van der Waals surface area contributed by atoms with Crippen molar-refractivity contribution in [2.45, 2.75) is 37.8 Å². The third-order valence-corrected chi connectivity index (χ3v) is 5.32. The summed E-state index contributed by atoms with van der Waals surface area (Å²) < 4.78 is 0. The number of nitrogens with one attached hydrogen (secondary N) is 1. The molecule has 146 valence electrons. The maximum absolute atomic E-state index is 13.0. The first-order valence-electron chi connectivity index (χ1n) is 9.36. The van der Waals surface area contributed by atoms with Crippen LogP contribution in [0, 0.1) is 0 Å². The van der Waals surface area contributed by atoms with Crippen molar-refractivity contribution < 1.29 is 19.5 Å². The normalized spacial score (nSPS) is 19.8. The van der Waals surface area contributed by atoms with Gasteiger partial charge in [-0.25, -0.2) is 4.79 Å². The van der Waals surface area contributed by atoms with Gasteiger partial charge in [-0.2, -0.15) is 0 Å². The van der Waals surface area contributed by atoms with Crippen molar-refractivity contribution in [3.63, 3.8) is 0 Å². The Balaban J connectivity index is 1.81. The van der Waals surface area contributed by atoms with Gasteiger partial charge in [0.05, 0.1) is 12.5 Å². The first-order chi connectivity index (χ1) is 13.4. The van der Waals surface area contributed by atoms with Gasteiger partial charge in [-0.15, -0.1) is 0 Å². The predicted octanol–water partition coefficient (Wildman–Crippen LogP) is 3.01. The summed E-state index contributed by atoms with van der Waals surface area (Å²) in [5.41, 5.74) is 0.116. The van der Waals surface area contributed by atoms with Gasteiger partial charge < -0.3 is 15.3 Å². The van der Waals surface area contributed by atoms with Crippen LogP contribution in [0.25, 0.3) is 0 Å². The van der Waals surface area contributed by atoms with E-state index in [-0.39, 0.29) is 18.2 Å². The molecule has 2 aromatic carbocycles. The molecule has 0 radical (unpaired) electrons. The highest BCUT2D eigenvalue weighted by Gasteiger charge is 2.46. The van der Waals surface area contributed by atoms with E-state index < -0.39 is 17.6 Å². The molecule has 1 heterocycles. The van der Waals surface area contributed by atoms with E-state index >= 15 is 0 Å². The highest BCUT2D eigenvalue weighted by Crippen LogP contribution is 2.31. The number of carboxylic acids is 1. The lowest BCUT2D eigenvalue weighted by Gasteiger charge is -2.32. The smallest absolute Gasteiger partial charge is 0.329 e. The summed E-state index contributed by atoms with van der Waals surface area (Å²) in [7, 11) is 0. The van der Waals surface area contributed by atoms with Crippen molar-refractivity contribution in [2.24, 2.45) is 0 Å². The minimum Gasteiger partial charge on any atom is -0.480 e. The van der Waals surface area contributed by atoms with Gasteiger partial charge in [0.2, 0.25) is 5.91 Å². The number of amides is 2. The molecule has 1 fully saturated rings. The van der Waals surface area contributed by atoms with Crippen LogP contribution >= 0.6 is 0 Å². The molecule has 1 saturated heterocycles. The van der Waals surface area contributed by atoms with Crippen LogP contribution in [0.2, 0.25) is 0 Å². The lowest BCUT2D eigenvalue weighted by molar-refractivity contribution is -0.155. The van der Waals surface area contributed by atoms with E-state index in [2.05, 4.69) is 5.32 Å². The standard InChI is InChI=1S/C22H24N2O4/c1-22(21(27)28)13-8-14-24(22)19(25)15-18(16-9-4-2-5-10-16)23-20(26)17-11-6-3-7-12-17/h2-7,9-12,18H,8,13-15H2,1H3,(H,23,26)(H,27,28). The number of aliphatic carboxylic acids is 1. The van der Waals surface area contributed by atoms with Crippen LogP contribution in [0.15, 0.2) is 60.7 Å². The van der Waals surface area contributed by atoms with E-state index in [9.17, 15) is 19.5 Å². The summed E-state index contributed by atoms with van der Waals surface area (Å²) >= 11 is 0. The number of carboxylic acid groups (broad SMARTS) is 1. The molecular weight excluding hydrogens is 356 g/mol. The van der Waals surface area contributed by atoms with E-state index in [0.717, 1.165) is 5.56 Å². The van der Waals surface area contributed by atoms with Crippen molar-refractivity contribution in [3.8, 4) is 0 Å². The number of benzene rings is 2. The molecule has 0 aromatic heterocycles. The number of likely N-dealkylation sites (tertiary alicyclic amines) is 1. The first-order valence-corrected chi connectivity index (χ1v) is 9.36. The summed E-state index contributed by atoms with van der Waals surface area (Å²) in [6, 6.07) is 17.5. The fourth-order valence-corrected chi connectivity index (χ4v) is 3.64. The molecule has 6 heteroatoms. The number of carbonyl (C=O) groups is 3. The first kappa shape index (κ1) is 19.6. The molecule has 2 amide bonds. The zero-order chi connectivity index (χ0) is 20.1. The quantitative estimate of drug-likeness (QED) is 0.807. The minimum atomic E-state index is -1.19. The highest BCUT2D eigenvalue weighted by atomic mass is 16.4. The van der Waals surface area contributed by atoms with E-state index in [1.807, 2.05) is 36.4 Å². The number of hydrogen-bond acceptors (Lipinski definition) is 3. The Hall–Kier alpha value is -3.15. The van der Waals surface area contributed by atoms with Gasteiger partial charge in [-0.3, -0.25) is 9.59 Å². The molecule has 1 aliphatic rings. The predicted molar refractivity (Wildman–Crippen MR) is 105 cm³/mol. The third-order valence-electron chi connectivity index (χ3n) is 5.32. The summed E-state index contributed by atoms with van der Waals surface area (Å²) in [6.07, 6.45) is 1.09.